The number of anilines is 2. The molecule has 1 atom stereocenters. The Hall–Kier alpha value is -3.54. The van der Waals surface area contributed by atoms with Crippen molar-refractivity contribution < 1.29 is 9.53 Å². The van der Waals surface area contributed by atoms with Gasteiger partial charge in [0.25, 0.3) is 0 Å². The van der Waals surface area contributed by atoms with E-state index in [2.05, 4.69) is 29.2 Å². The highest BCUT2D eigenvalue weighted by Crippen LogP contribution is 2.33. The lowest BCUT2D eigenvalue weighted by Crippen LogP contribution is -2.44. The van der Waals surface area contributed by atoms with Gasteiger partial charge in [0, 0.05) is 12.2 Å². The number of carbonyl (C=O) groups is 1. The third-order valence-electron chi connectivity index (χ3n) is 5.60. The molecule has 32 heavy (non-hydrogen) atoms. The summed E-state index contributed by atoms with van der Waals surface area (Å²) in [7, 11) is 0. The number of ether oxygens (including phenoxy) is 1. The van der Waals surface area contributed by atoms with Crippen molar-refractivity contribution in [1.29, 1.82) is 0 Å². The monoisotopic (exact) mass is 430 g/mol. The Balaban J connectivity index is 1.62. The minimum absolute atomic E-state index is 0.237. The molecule has 1 aromatic heterocycles. The van der Waals surface area contributed by atoms with Gasteiger partial charge in [-0.15, -0.1) is 0 Å². The molecule has 6 nitrogen and oxygen atoms in total. The standard InChI is InChI=1S/C26H30N4O2/c1-26(2,3)32-25(31)30-15-14-20-10-13-23(28)29-24(20)22(30)16-17-4-6-18(7-5-17)19-8-11-21(27)12-9-19/h4-13,22H,14-16,27H2,1-3H3,(H2,28,29). The van der Waals surface area contributed by atoms with Crippen molar-refractivity contribution in [3.8, 4) is 11.1 Å². The van der Waals surface area contributed by atoms with Gasteiger partial charge in [0.05, 0.1) is 11.7 Å². The first-order valence-electron chi connectivity index (χ1n) is 10.9. The van der Waals surface area contributed by atoms with Crippen LogP contribution in [-0.4, -0.2) is 28.1 Å². The van der Waals surface area contributed by atoms with Gasteiger partial charge in [-0.05, 0) is 74.1 Å². The fourth-order valence-electron chi connectivity index (χ4n) is 4.04. The third kappa shape index (κ3) is 4.85. The molecule has 0 aliphatic carbocycles. The smallest absolute Gasteiger partial charge is 0.410 e. The van der Waals surface area contributed by atoms with Gasteiger partial charge in [-0.2, -0.15) is 0 Å². The molecule has 2 heterocycles. The summed E-state index contributed by atoms with van der Waals surface area (Å²) in [5.41, 5.74) is 17.3. The summed E-state index contributed by atoms with van der Waals surface area (Å²) >= 11 is 0. The number of pyridine rings is 1. The van der Waals surface area contributed by atoms with E-state index >= 15 is 0 Å². The van der Waals surface area contributed by atoms with Crippen LogP contribution in [0.3, 0.4) is 0 Å². The summed E-state index contributed by atoms with van der Waals surface area (Å²) in [5, 5.41) is 0. The zero-order valence-electron chi connectivity index (χ0n) is 18.8. The fourth-order valence-corrected chi connectivity index (χ4v) is 4.04. The predicted octanol–water partition coefficient (Wildman–Crippen LogP) is 4.99. The molecular formula is C26H30N4O2. The first-order valence-corrected chi connectivity index (χ1v) is 10.9. The molecule has 0 saturated heterocycles. The number of fused-ring (bicyclic) bond motifs is 1. The maximum absolute atomic E-state index is 13.0. The molecule has 1 aliphatic heterocycles. The molecule has 3 aromatic rings. The van der Waals surface area contributed by atoms with Crippen molar-refractivity contribution in [2.24, 2.45) is 0 Å². The lowest BCUT2D eigenvalue weighted by Gasteiger charge is -2.37. The number of benzene rings is 2. The van der Waals surface area contributed by atoms with E-state index in [4.69, 9.17) is 16.2 Å². The van der Waals surface area contributed by atoms with E-state index in [-0.39, 0.29) is 12.1 Å². The number of hydrogen-bond acceptors (Lipinski definition) is 5. The van der Waals surface area contributed by atoms with Crippen LogP contribution in [0.15, 0.2) is 60.7 Å². The quantitative estimate of drug-likeness (QED) is 0.571. The molecule has 6 heteroatoms. The van der Waals surface area contributed by atoms with Gasteiger partial charge in [0.15, 0.2) is 0 Å². The van der Waals surface area contributed by atoms with E-state index in [0.717, 1.165) is 40.1 Å². The van der Waals surface area contributed by atoms with E-state index in [1.54, 1.807) is 4.90 Å². The van der Waals surface area contributed by atoms with Crippen LogP contribution in [0.1, 0.15) is 43.6 Å². The van der Waals surface area contributed by atoms with Gasteiger partial charge in [0.1, 0.15) is 11.4 Å². The van der Waals surface area contributed by atoms with Crippen LogP contribution < -0.4 is 11.5 Å². The Kier molecular flexibility index (Phi) is 5.78. The molecule has 4 N–H and O–H groups in total. The fraction of sp³-hybridized carbons (Fsp3) is 0.308. The lowest BCUT2D eigenvalue weighted by molar-refractivity contribution is 0.0136. The van der Waals surface area contributed by atoms with E-state index in [0.29, 0.717) is 18.8 Å². The van der Waals surface area contributed by atoms with E-state index in [1.165, 1.54) is 0 Å². The molecule has 0 saturated carbocycles. The van der Waals surface area contributed by atoms with Gasteiger partial charge in [0.2, 0.25) is 0 Å². The van der Waals surface area contributed by atoms with Crippen LogP contribution in [0.25, 0.3) is 11.1 Å². The average molecular weight is 431 g/mol. The van der Waals surface area contributed by atoms with Crippen LogP contribution in [0.5, 0.6) is 0 Å². The van der Waals surface area contributed by atoms with E-state index in [1.807, 2.05) is 57.2 Å². The summed E-state index contributed by atoms with van der Waals surface area (Å²) in [5.74, 6) is 0.457. The SMILES string of the molecule is CC(C)(C)OC(=O)N1CCc2ccc(N)nc2C1Cc1ccc(-c2ccc(N)cc2)cc1. The number of nitrogens with two attached hydrogens (primary N) is 2. The summed E-state index contributed by atoms with van der Waals surface area (Å²) < 4.78 is 5.69. The minimum atomic E-state index is -0.564. The van der Waals surface area contributed by atoms with Crippen LogP contribution >= 0.6 is 0 Å². The zero-order valence-corrected chi connectivity index (χ0v) is 18.8. The molecule has 1 amide bonds. The predicted molar refractivity (Wildman–Crippen MR) is 128 cm³/mol. The molecule has 0 radical (unpaired) electrons. The van der Waals surface area contributed by atoms with Crippen LogP contribution in [0.4, 0.5) is 16.3 Å². The maximum atomic E-state index is 13.0. The second-order valence-electron chi connectivity index (χ2n) is 9.24. The highest BCUT2D eigenvalue weighted by molar-refractivity contribution is 5.70. The van der Waals surface area contributed by atoms with Crippen LogP contribution in [0, 0.1) is 0 Å². The Bertz CT molecular complexity index is 1100. The number of hydrogen-bond donors (Lipinski definition) is 2. The maximum Gasteiger partial charge on any atom is 0.410 e. The molecule has 0 fully saturated rings. The molecule has 166 valence electrons. The Morgan fingerprint density at radius 3 is 2.25 bits per heavy atom. The summed E-state index contributed by atoms with van der Waals surface area (Å²) in [6.07, 6.45) is 1.04. The van der Waals surface area contributed by atoms with Gasteiger partial charge in [-0.1, -0.05) is 42.5 Å². The number of carbonyl (C=O) groups excluding carboxylic acids is 1. The van der Waals surface area contributed by atoms with Crippen LogP contribution in [0.2, 0.25) is 0 Å². The molecule has 0 spiro atoms. The minimum Gasteiger partial charge on any atom is -0.444 e. The zero-order chi connectivity index (χ0) is 22.9. The largest absolute Gasteiger partial charge is 0.444 e. The molecule has 0 bridgehead atoms. The van der Waals surface area contributed by atoms with Crippen molar-refractivity contribution in [1.82, 2.24) is 9.88 Å². The number of rotatable bonds is 3. The highest BCUT2D eigenvalue weighted by Gasteiger charge is 2.34. The van der Waals surface area contributed by atoms with Crippen molar-refractivity contribution in [2.75, 3.05) is 18.0 Å². The summed E-state index contributed by atoms with van der Waals surface area (Å²) in [6, 6.07) is 19.8. The van der Waals surface area contributed by atoms with Crippen LogP contribution in [-0.2, 0) is 17.6 Å². The third-order valence-corrected chi connectivity index (χ3v) is 5.60. The molecule has 1 unspecified atom stereocenters. The van der Waals surface area contributed by atoms with Crippen molar-refractivity contribution in [3.63, 3.8) is 0 Å². The number of nitrogens with zero attached hydrogens (tertiary/aromatic N) is 2. The second kappa shape index (κ2) is 8.54. The van der Waals surface area contributed by atoms with E-state index in [9.17, 15) is 4.79 Å². The Labute approximate surface area is 189 Å². The number of aromatic nitrogens is 1. The van der Waals surface area contributed by atoms with Gasteiger partial charge >= 0.3 is 6.09 Å². The van der Waals surface area contributed by atoms with Crippen molar-refractivity contribution in [2.45, 2.75) is 45.3 Å². The summed E-state index contributed by atoms with van der Waals surface area (Å²) in [4.78, 5) is 19.4. The first kappa shape index (κ1) is 21.7. The van der Waals surface area contributed by atoms with Crippen molar-refractivity contribution >= 4 is 17.6 Å². The first-order chi connectivity index (χ1) is 15.2. The van der Waals surface area contributed by atoms with Crippen molar-refractivity contribution in [3.05, 3.63) is 77.5 Å². The topological polar surface area (TPSA) is 94.5 Å². The van der Waals surface area contributed by atoms with E-state index < -0.39 is 5.60 Å². The molecule has 1 aliphatic rings. The Morgan fingerprint density at radius 1 is 1.00 bits per heavy atom. The average Bonchev–Trinajstić information content (AvgIpc) is 2.74. The highest BCUT2D eigenvalue weighted by atomic mass is 16.6. The molecule has 2 aromatic carbocycles. The van der Waals surface area contributed by atoms with Gasteiger partial charge < -0.3 is 16.2 Å². The number of amides is 1. The number of nitrogen functional groups attached to an aromatic ring is 2. The molecule has 4 rings (SSSR count). The second-order valence-corrected chi connectivity index (χ2v) is 9.24. The van der Waals surface area contributed by atoms with Gasteiger partial charge in [-0.25, -0.2) is 9.78 Å². The lowest BCUT2D eigenvalue weighted by atomic mass is 9.92. The normalized spacial score (nSPS) is 15.8. The Morgan fingerprint density at radius 2 is 1.62 bits per heavy atom. The van der Waals surface area contributed by atoms with Gasteiger partial charge in [-0.3, -0.25) is 4.90 Å². The molecular weight excluding hydrogens is 400 g/mol. The summed E-state index contributed by atoms with van der Waals surface area (Å²) in [6.45, 7) is 6.22.